The van der Waals surface area contributed by atoms with E-state index in [4.69, 9.17) is 28.2 Å². The van der Waals surface area contributed by atoms with Crippen LogP contribution >= 0.6 is 23.2 Å². The summed E-state index contributed by atoms with van der Waals surface area (Å²) in [5.74, 6) is 0.741. The molecule has 5 aliphatic rings. The molecule has 2 aliphatic carbocycles. The molecule has 0 spiro atoms. The highest BCUT2D eigenvalue weighted by molar-refractivity contribution is 6.43. The first-order valence-electron chi connectivity index (χ1n) is 17.0. The van der Waals surface area contributed by atoms with Crippen LogP contribution in [0.4, 0.5) is 4.39 Å². The number of carbonyl (C=O) groups excluding carboxylic acids is 1. The Morgan fingerprint density at radius 3 is 2.69 bits per heavy atom. The van der Waals surface area contributed by atoms with E-state index in [0.29, 0.717) is 63.9 Å². The highest BCUT2D eigenvalue weighted by Crippen LogP contribution is 2.52. The van der Waals surface area contributed by atoms with E-state index in [2.05, 4.69) is 37.4 Å². The van der Waals surface area contributed by atoms with E-state index in [-0.39, 0.29) is 53.0 Å². The Bertz CT molecular complexity index is 2220. The number of rotatable bonds is 7. The summed E-state index contributed by atoms with van der Waals surface area (Å²) in [6, 6.07) is 11.7. The zero-order valence-corrected chi connectivity index (χ0v) is 28.6. The molecule has 0 radical (unpaired) electrons. The fraction of sp³-hybridized carbons (Fsp3) is 0.444. The molecule has 6 heterocycles. The van der Waals surface area contributed by atoms with Crippen molar-refractivity contribution in [2.75, 3.05) is 13.1 Å². The normalized spacial score (nSPS) is 24.6. The second-order valence-electron chi connectivity index (χ2n) is 14.1. The van der Waals surface area contributed by atoms with Crippen molar-refractivity contribution in [1.29, 1.82) is 5.26 Å². The molecule has 3 saturated heterocycles. The van der Waals surface area contributed by atoms with Crippen molar-refractivity contribution in [3.63, 3.8) is 0 Å². The molecule has 250 valence electrons. The van der Waals surface area contributed by atoms with Crippen LogP contribution in [0.2, 0.25) is 10.0 Å². The number of benzene rings is 2. The van der Waals surface area contributed by atoms with Crippen molar-refractivity contribution in [3.05, 3.63) is 69.0 Å². The third kappa shape index (κ3) is 4.78. The number of fused-ring (bicyclic) bond motifs is 4. The largest absolute Gasteiger partial charge is 0.337 e. The number of hydrogen-bond donors (Lipinski definition) is 1. The molecular formula is C36H34Cl2FN9O. The summed E-state index contributed by atoms with van der Waals surface area (Å²) >= 11 is 13.1. The van der Waals surface area contributed by atoms with Crippen LogP contribution in [0.1, 0.15) is 73.0 Å². The molecule has 5 fully saturated rings. The molecule has 2 bridgehead atoms. The molecule has 3 aliphatic heterocycles. The number of nitriles is 1. The van der Waals surface area contributed by atoms with E-state index in [1.807, 2.05) is 24.8 Å². The van der Waals surface area contributed by atoms with Gasteiger partial charge in [-0.2, -0.15) is 10.1 Å². The van der Waals surface area contributed by atoms with Crippen LogP contribution in [0.25, 0.3) is 32.9 Å². The van der Waals surface area contributed by atoms with E-state index in [9.17, 15) is 10.1 Å². The molecule has 5 unspecified atom stereocenters. The van der Waals surface area contributed by atoms with Gasteiger partial charge in [-0.25, -0.2) is 9.37 Å². The number of aryl methyl sites for hydroxylation is 3. The summed E-state index contributed by atoms with van der Waals surface area (Å²) < 4.78 is 19.5. The van der Waals surface area contributed by atoms with Crippen molar-refractivity contribution < 1.29 is 9.18 Å². The van der Waals surface area contributed by atoms with Crippen LogP contribution in [-0.4, -0.2) is 59.7 Å². The maximum atomic E-state index is 17.1. The average Bonchev–Trinajstić information content (AvgIpc) is 3.54. The zero-order valence-electron chi connectivity index (χ0n) is 27.1. The lowest BCUT2D eigenvalue weighted by Crippen LogP contribution is -2.41. The van der Waals surface area contributed by atoms with Crippen molar-refractivity contribution >= 4 is 50.9 Å². The number of likely N-dealkylation sites (tertiary alicyclic amines) is 1. The van der Waals surface area contributed by atoms with Crippen molar-refractivity contribution in [2.45, 2.75) is 76.5 Å². The van der Waals surface area contributed by atoms with Gasteiger partial charge in [-0.3, -0.25) is 4.79 Å². The number of pyridine rings is 1. The van der Waals surface area contributed by atoms with Gasteiger partial charge < -0.3 is 14.8 Å². The number of hydrogen-bond acceptors (Lipinski definition) is 7. The van der Waals surface area contributed by atoms with Crippen molar-refractivity contribution in [1.82, 2.24) is 40.0 Å². The monoisotopic (exact) mass is 697 g/mol. The van der Waals surface area contributed by atoms with E-state index in [0.717, 1.165) is 42.4 Å². The molecule has 10 nitrogen and oxygen atoms in total. The number of aromatic nitrogens is 6. The summed E-state index contributed by atoms with van der Waals surface area (Å²) in [5.41, 5.74) is 4.37. The van der Waals surface area contributed by atoms with Gasteiger partial charge in [0.25, 0.3) is 0 Å². The van der Waals surface area contributed by atoms with Gasteiger partial charge in [-0.15, -0.1) is 10.2 Å². The van der Waals surface area contributed by atoms with Crippen molar-refractivity contribution in [3.8, 4) is 17.2 Å². The van der Waals surface area contributed by atoms with Gasteiger partial charge >= 0.3 is 0 Å². The fourth-order valence-corrected chi connectivity index (χ4v) is 9.02. The first-order valence-corrected chi connectivity index (χ1v) is 17.8. The Balaban J connectivity index is 1.30. The number of carbonyl (C=O) groups is 1. The van der Waals surface area contributed by atoms with Crippen LogP contribution < -0.4 is 5.32 Å². The topological polar surface area (TPSA) is 118 Å². The fourth-order valence-electron chi connectivity index (χ4n) is 8.62. The third-order valence-corrected chi connectivity index (χ3v) is 11.9. The molecular weight excluding hydrogens is 664 g/mol. The number of nitrogens with zero attached hydrogens (tertiary/aromatic N) is 8. The van der Waals surface area contributed by atoms with Gasteiger partial charge in [0, 0.05) is 64.8 Å². The first kappa shape index (κ1) is 30.9. The SMILES string of the molecule is Cc1nnn(C2CC(c3cc4c(C)nc5c(F)c(-c6cccc(Cl)c6Cl)c(CCC#N)cc5c4n3C3C4CNC3C4)N(C(=O)C3CC3)C2)n1. The minimum Gasteiger partial charge on any atom is -0.337 e. The van der Waals surface area contributed by atoms with E-state index in [1.165, 1.54) is 0 Å². The number of amides is 1. The maximum Gasteiger partial charge on any atom is 0.226 e. The molecule has 5 atom stereocenters. The first-order chi connectivity index (χ1) is 23.7. The zero-order chi connectivity index (χ0) is 33.7. The predicted molar refractivity (Wildman–Crippen MR) is 184 cm³/mol. The van der Waals surface area contributed by atoms with Gasteiger partial charge in [-0.05, 0) is 80.8 Å². The number of tetrazole rings is 1. The van der Waals surface area contributed by atoms with Crippen LogP contribution in [0.3, 0.4) is 0 Å². The van der Waals surface area contributed by atoms with E-state index in [1.54, 1.807) is 23.0 Å². The number of halogens is 3. The average molecular weight is 699 g/mol. The summed E-state index contributed by atoms with van der Waals surface area (Å²) in [6.07, 6.45) is 4.07. The predicted octanol–water partition coefficient (Wildman–Crippen LogP) is 6.82. The smallest absolute Gasteiger partial charge is 0.226 e. The quantitative estimate of drug-likeness (QED) is 0.198. The lowest BCUT2D eigenvalue weighted by molar-refractivity contribution is -0.133. The lowest BCUT2D eigenvalue weighted by Gasteiger charge is -2.39. The van der Waals surface area contributed by atoms with Crippen LogP contribution in [0.15, 0.2) is 30.3 Å². The Hall–Kier alpha value is -4.11. The van der Waals surface area contributed by atoms with Crippen LogP contribution in [-0.2, 0) is 11.2 Å². The molecule has 13 heteroatoms. The summed E-state index contributed by atoms with van der Waals surface area (Å²) in [5, 5.41) is 28.4. The van der Waals surface area contributed by atoms with Crippen LogP contribution in [0.5, 0.6) is 0 Å². The standard InChI is InChI=1S/C36H34Cl2FN9O/c1-17-24-14-29(28-13-22(48-44-18(2)43-45-48)16-46(28)36(49)19-8-9-19)47(34-21-12-27(34)41-15-21)35(24)25-11-20(5-4-10-40)30(32(39)33(25)42-17)23-6-3-7-26(37)31(23)38/h3,6-7,11,14,19,21-22,27-28,34,41H,4-5,8-9,12-13,15-16H2,1-2H3. The van der Waals surface area contributed by atoms with Gasteiger partial charge in [-0.1, -0.05) is 35.3 Å². The van der Waals surface area contributed by atoms with Gasteiger partial charge in [0.2, 0.25) is 5.91 Å². The van der Waals surface area contributed by atoms with Gasteiger partial charge in [0.15, 0.2) is 11.6 Å². The van der Waals surface area contributed by atoms with Crippen molar-refractivity contribution in [2.24, 2.45) is 11.8 Å². The second-order valence-corrected chi connectivity index (χ2v) is 14.9. The lowest BCUT2D eigenvalue weighted by atomic mass is 9.79. The van der Waals surface area contributed by atoms with E-state index < -0.39 is 5.82 Å². The van der Waals surface area contributed by atoms with E-state index >= 15 is 4.39 Å². The molecule has 2 aromatic carbocycles. The molecule has 1 amide bonds. The third-order valence-electron chi connectivity index (χ3n) is 11.1. The highest BCUT2D eigenvalue weighted by Gasteiger charge is 2.51. The molecule has 2 saturated carbocycles. The summed E-state index contributed by atoms with van der Waals surface area (Å²) in [7, 11) is 0. The molecule has 10 rings (SSSR count). The highest BCUT2D eigenvalue weighted by atomic mass is 35.5. The minimum absolute atomic E-state index is 0.0452. The molecule has 5 aromatic rings. The Labute approximate surface area is 292 Å². The molecule has 3 aromatic heterocycles. The Kier molecular flexibility index (Phi) is 7.24. The second kappa shape index (κ2) is 11.5. The summed E-state index contributed by atoms with van der Waals surface area (Å²) in [6.45, 7) is 5.15. The Morgan fingerprint density at radius 2 is 2.00 bits per heavy atom. The Morgan fingerprint density at radius 1 is 1.16 bits per heavy atom. The van der Waals surface area contributed by atoms with Gasteiger partial charge in [0.05, 0.1) is 39.8 Å². The summed E-state index contributed by atoms with van der Waals surface area (Å²) in [4.78, 5) is 22.5. The molecule has 1 N–H and O–H groups in total. The maximum absolute atomic E-state index is 17.1. The van der Waals surface area contributed by atoms with Crippen LogP contribution in [0, 0.1) is 42.8 Å². The molecule has 49 heavy (non-hydrogen) atoms. The minimum atomic E-state index is -0.484. The van der Waals surface area contributed by atoms with Gasteiger partial charge in [0.1, 0.15) is 5.52 Å². The number of nitrogens with one attached hydrogen (secondary N) is 1.